The van der Waals surface area contributed by atoms with Crippen molar-refractivity contribution in [2.45, 2.75) is 6.54 Å². The highest BCUT2D eigenvalue weighted by atomic mass is 32.1. The molecule has 0 fully saturated rings. The van der Waals surface area contributed by atoms with Crippen LogP contribution in [-0.4, -0.2) is 9.97 Å². The lowest BCUT2D eigenvalue weighted by molar-refractivity contribution is 0.627. The summed E-state index contributed by atoms with van der Waals surface area (Å²) in [4.78, 5) is 9.58. The van der Waals surface area contributed by atoms with Crippen molar-refractivity contribution in [1.82, 2.24) is 9.97 Å². The number of fused-ring (bicyclic) bond motifs is 1. The van der Waals surface area contributed by atoms with Gasteiger partial charge in [0, 0.05) is 18.1 Å². The number of hydrogen-bond donors (Lipinski definition) is 1. The molecule has 0 radical (unpaired) electrons. The van der Waals surface area contributed by atoms with E-state index in [0.29, 0.717) is 12.5 Å². The van der Waals surface area contributed by atoms with Gasteiger partial charge in [-0.3, -0.25) is 0 Å². The molecule has 90 valence electrons. The second-order valence-corrected chi connectivity index (χ2v) is 4.75. The van der Waals surface area contributed by atoms with E-state index in [1.165, 1.54) is 12.1 Å². The van der Waals surface area contributed by atoms with Crippen molar-refractivity contribution in [2.24, 2.45) is 0 Å². The van der Waals surface area contributed by atoms with Gasteiger partial charge in [-0.15, -0.1) is 11.3 Å². The van der Waals surface area contributed by atoms with Crippen molar-refractivity contribution in [2.75, 3.05) is 5.32 Å². The van der Waals surface area contributed by atoms with Crippen molar-refractivity contribution < 1.29 is 4.39 Å². The van der Waals surface area contributed by atoms with Crippen molar-refractivity contribution in [1.29, 1.82) is 0 Å². The molecule has 0 spiro atoms. The summed E-state index contributed by atoms with van der Waals surface area (Å²) in [5.74, 6) is 0.365. The molecule has 0 bridgehead atoms. The molecule has 0 aliphatic carbocycles. The van der Waals surface area contributed by atoms with Gasteiger partial charge in [-0.2, -0.15) is 0 Å². The topological polar surface area (TPSA) is 37.8 Å². The second kappa shape index (κ2) is 4.70. The largest absolute Gasteiger partial charge is 0.350 e. The summed E-state index contributed by atoms with van der Waals surface area (Å²) < 4.78 is 12.7. The molecule has 1 N–H and O–H groups in total. The summed E-state index contributed by atoms with van der Waals surface area (Å²) in [6.07, 6.45) is 1.80. The van der Waals surface area contributed by atoms with Gasteiger partial charge in [-0.05, 0) is 29.1 Å². The van der Waals surface area contributed by atoms with E-state index in [-0.39, 0.29) is 5.82 Å². The monoisotopic (exact) mass is 259 g/mol. The number of hydrogen-bond acceptors (Lipinski definition) is 4. The first-order valence-corrected chi connectivity index (χ1v) is 6.38. The summed E-state index contributed by atoms with van der Waals surface area (Å²) in [6, 6.07) is 8.36. The molecule has 0 saturated heterocycles. The average Bonchev–Trinajstić information content (AvgIpc) is 2.85. The maximum atomic E-state index is 12.7. The van der Waals surface area contributed by atoms with Gasteiger partial charge in [0.05, 0.1) is 0 Å². The zero-order valence-corrected chi connectivity index (χ0v) is 10.2. The minimum Gasteiger partial charge on any atom is -0.350 e. The minimum absolute atomic E-state index is 0.227. The predicted octanol–water partition coefficient (Wildman–Crippen LogP) is 3.44. The van der Waals surface area contributed by atoms with Crippen LogP contribution in [0.1, 0.15) is 5.56 Å². The number of benzene rings is 1. The number of aromatic nitrogens is 2. The van der Waals surface area contributed by atoms with Gasteiger partial charge in [-0.1, -0.05) is 12.1 Å². The normalized spacial score (nSPS) is 10.7. The lowest BCUT2D eigenvalue weighted by Gasteiger charge is -2.04. The Morgan fingerprint density at radius 2 is 2.00 bits per heavy atom. The molecule has 0 saturated carbocycles. The number of nitrogens with one attached hydrogen (secondary N) is 1. The average molecular weight is 259 g/mol. The van der Waals surface area contributed by atoms with Crippen LogP contribution in [0.15, 0.2) is 41.9 Å². The van der Waals surface area contributed by atoms with E-state index in [4.69, 9.17) is 0 Å². The molecule has 3 nitrogen and oxygen atoms in total. The molecule has 2 heterocycles. The Hall–Kier alpha value is -2.01. The zero-order valence-electron chi connectivity index (χ0n) is 9.43. The number of nitrogens with zero attached hydrogens (tertiary/aromatic N) is 2. The van der Waals surface area contributed by atoms with Gasteiger partial charge in [0.1, 0.15) is 10.6 Å². The van der Waals surface area contributed by atoms with Crippen LogP contribution >= 0.6 is 11.3 Å². The second-order valence-electron chi connectivity index (χ2n) is 3.85. The molecule has 18 heavy (non-hydrogen) atoms. The third-order valence-electron chi connectivity index (χ3n) is 2.57. The predicted molar refractivity (Wildman–Crippen MR) is 71.1 cm³/mol. The first kappa shape index (κ1) is 11.1. The van der Waals surface area contributed by atoms with E-state index in [1.54, 1.807) is 29.7 Å². The highest BCUT2D eigenvalue weighted by molar-refractivity contribution is 7.16. The summed E-state index contributed by atoms with van der Waals surface area (Å²) in [7, 11) is 0. The molecule has 0 aliphatic rings. The summed E-state index contributed by atoms with van der Waals surface area (Å²) >= 11 is 1.58. The van der Waals surface area contributed by atoms with Gasteiger partial charge in [-0.25, -0.2) is 14.4 Å². The number of halogens is 1. The Labute approximate surface area is 107 Å². The Morgan fingerprint density at radius 1 is 1.17 bits per heavy atom. The van der Waals surface area contributed by atoms with E-state index in [2.05, 4.69) is 15.3 Å². The van der Waals surface area contributed by atoms with Gasteiger partial charge in [0.25, 0.3) is 0 Å². The van der Waals surface area contributed by atoms with E-state index in [0.717, 1.165) is 15.8 Å². The Kier molecular flexibility index (Phi) is 2.90. The van der Waals surface area contributed by atoms with Crippen LogP contribution in [0.5, 0.6) is 0 Å². The van der Waals surface area contributed by atoms with E-state index >= 15 is 0 Å². The molecular formula is C13H10FN3S. The SMILES string of the molecule is Fc1ccc(CNc2ncc3ccsc3n2)cc1. The maximum absolute atomic E-state index is 12.7. The molecule has 0 unspecified atom stereocenters. The van der Waals surface area contributed by atoms with Crippen LogP contribution in [-0.2, 0) is 6.54 Å². The van der Waals surface area contributed by atoms with Crippen molar-refractivity contribution >= 4 is 27.5 Å². The lowest BCUT2D eigenvalue weighted by atomic mass is 10.2. The smallest absolute Gasteiger partial charge is 0.224 e. The first-order valence-electron chi connectivity index (χ1n) is 5.50. The third-order valence-corrected chi connectivity index (χ3v) is 3.39. The number of anilines is 1. The summed E-state index contributed by atoms with van der Waals surface area (Å²) in [5, 5.41) is 6.16. The van der Waals surface area contributed by atoms with Crippen LogP contribution in [0.25, 0.3) is 10.2 Å². The fraction of sp³-hybridized carbons (Fsp3) is 0.0769. The maximum Gasteiger partial charge on any atom is 0.224 e. The molecule has 3 aromatic rings. The molecular weight excluding hydrogens is 249 g/mol. The summed E-state index contributed by atoms with van der Waals surface area (Å²) in [5.41, 5.74) is 0.992. The standard InChI is InChI=1S/C13H10FN3S/c14-11-3-1-9(2-4-11)7-15-13-16-8-10-5-6-18-12(10)17-13/h1-6,8H,7H2,(H,15,16,17). The van der Waals surface area contributed by atoms with Gasteiger partial charge in [0.15, 0.2) is 0 Å². The zero-order chi connectivity index (χ0) is 12.4. The first-order chi connectivity index (χ1) is 8.81. The van der Waals surface area contributed by atoms with Crippen molar-refractivity contribution in [3.63, 3.8) is 0 Å². The summed E-state index contributed by atoms with van der Waals surface area (Å²) in [6.45, 7) is 0.581. The van der Waals surface area contributed by atoms with Crippen LogP contribution in [0.3, 0.4) is 0 Å². The Bertz CT molecular complexity index is 663. The highest BCUT2D eigenvalue weighted by Crippen LogP contribution is 2.18. The van der Waals surface area contributed by atoms with Crippen LogP contribution in [0, 0.1) is 5.82 Å². The Balaban J connectivity index is 1.74. The van der Waals surface area contributed by atoms with Crippen LogP contribution in [0.4, 0.5) is 10.3 Å². The quantitative estimate of drug-likeness (QED) is 0.783. The molecule has 2 aromatic heterocycles. The van der Waals surface area contributed by atoms with E-state index in [1.807, 2.05) is 11.4 Å². The minimum atomic E-state index is -0.227. The van der Waals surface area contributed by atoms with Gasteiger partial charge >= 0.3 is 0 Å². The lowest BCUT2D eigenvalue weighted by Crippen LogP contribution is -2.02. The number of thiophene rings is 1. The molecule has 3 rings (SSSR count). The van der Waals surface area contributed by atoms with Crippen molar-refractivity contribution in [3.05, 3.63) is 53.3 Å². The van der Waals surface area contributed by atoms with Crippen LogP contribution in [0.2, 0.25) is 0 Å². The molecule has 1 aromatic carbocycles. The van der Waals surface area contributed by atoms with Gasteiger partial charge in [0.2, 0.25) is 5.95 Å². The third kappa shape index (κ3) is 2.31. The molecule has 0 atom stereocenters. The Morgan fingerprint density at radius 3 is 2.83 bits per heavy atom. The van der Waals surface area contributed by atoms with Crippen LogP contribution < -0.4 is 5.32 Å². The van der Waals surface area contributed by atoms with Crippen molar-refractivity contribution in [3.8, 4) is 0 Å². The number of rotatable bonds is 3. The fourth-order valence-corrected chi connectivity index (χ4v) is 2.36. The van der Waals surface area contributed by atoms with E-state index in [9.17, 15) is 4.39 Å². The molecule has 0 amide bonds. The fourth-order valence-electron chi connectivity index (χ4n) is 1.62. The highest BCUT2D eigenvalue weighted by Gasteiger charge is 2.01. The molecule has 5 heteroatoms. The van der Waals surface area contributed by atoms with Gasteiger partial charge < -0.3 is 5.32 Å². The van der Waals surface area contributed by atoms with E-state index < -0.39 is 0 Å². The molecule has 0 aliphatic heterocycles.